The molecule has 64 valence electrons. The largest absolute Gasteiger partial charge is 0.300 e. The van der Waals surface area contributed by atoms with E-state index in [1.807, 2.05) is 0 Å². The van der Waals surface area contributed by atoms with Gasteiger partial charge in [0, 0.05) is 24.2 Å². The van der Waals surface area contributed by atoms with Crippen LogP contribution in [0.15, 0.2) is 0 Å². The van der Waals surface area contributed by atoms with Gasteiger partial charge in [-0.2, -0.15) is 0 Å². The molecule has 0 amide bonds. The Labute approximate surface area is 65.7 Å². The third-order valence-electron chi connectivity index (χ3n) is 1.75. The summed E-state index contributed by atoms with van der Waals surface area (Å²) in [6, 6.07) is -0.617. The van der Waals surface area contributed by atoms with Gasteiger partial charge in [-0.15, -0.1) is 0 Å². The van der Waals surface area contributed by atoms with Gasteiger partial charge in [-0.3, -0.25) is 14.9 Å². The first kappa shape index (κ1) is 10.1. The molecule has 0 saturated carbocycles. The Balaban J connectivity index is 3.84. The number of carbonyl (C=O) groups is 1. The zero-order valence-electron chi connectivity index (χ0n) is 7.03. The molecule has 0 aromatic carbocycles. The van der Waals surface area contributed by atoms with E-state index in [2.05, 4.69) is 0 Å². The molecule has 0 aliphatic heterocycles. The van der Waals surface area contributed by atoms with Gasteiger partial charge in [-0.1, -0.05) is 6.92 Å². The molecule has 0 aromatic rings. The van der Waals surface area contributed by atoms with Gasteiger partial charge in [0.1, 0.15) is 5.78 Å². The normalized spacial score (nSPS) is 15.5. The molecule has 0 bridgehead atoms. The summed E-state index contributed by atoms with van der Waals surface area (Å²) in [5.41, 5.74) is 0. The summed E-state index contributed by atoms with van der Waals surface area (Å²) in [5, 5.41) is 10.2. The Morgan fingerprint density at radius 3 is 2.27 bits per heavy atom. The van der Waals surface area contributed by atoms with Crippen LogP contribution in [0.2, 0.25) is 0 Å². The molecule has 0 fully saturated rings. The molecule has 0 rings (SSSR count). The van der Waals surface area contributed by atoms with Crippen LogP contribution < -0.4 is 0 Å². The van der Waals surface area contributed by atoms with Crippen LogP contribution in [0, 0.1) is 16.0 Å². The highest BCUT2D eigenvalue weighted by Gasteiger charge is 2.19. The van der Waals surface area contributed by atoms with Crippen LogP contribution >= 0.6 is 0 Å². The third-order valence-corrected chi connectivity index (χ3v) is 1.75. The van der Waals surface area contributed by atoms with Crippen LogP contribution in [0.4, 0.5) is 0 Å². The maximum atomic E-state index is 10.7. The van der Waals surface area contributed by atoms with E-state index < -0.39 is 6.04 Å². The zero-order valence-corrected chi connectivity index (χ0v) is 7.03. The fourth-order valence-corrected chi connectivity index (χ4v) is 0.764. The van der Waals surface area contributed by atoms with Crippen molar-refractivity contribution in [2.24, 2.45) is 5.92 Å². The number of rotatable bonds is 4. The Morgan fingerprint density at radius 2 is 2.00 bits per heavy atom. The third kappa shape index (κ3) is 3.70. The van der Waals surface area contributed by atoms with Gasteiger partial charge in [0.05, 0.1) is 0 Å². The van der Waals surface area contributed by atoms with Crippen LogP contribution in [0.5, 0.6) is 0 Å². The van der Waals surface area contributed by atoms with Gasteiger partial charge >= 0.3 is 0 Å². The van der Waals surface area contributed by atoms with Crippen molar-refractivity contribution in [2.45, 2.75) is 33.2 Å². The molecule has 0 heterocycles. The van der Waals surface area contributed by atoms with Gasteiger partial charge in [0.2, 0.25) is 6.04 Å². The maximum Gasteiger partial charge on any atom is 0.211 e. The van der Waals surface area contributed by atoms with Gasteiger partial charge in [-0.25, -0.2) is 0 Å². The summed E-state index contributed by atoms with van der Waals surface area (Å²) in [5.74, 6) is -0.186. The van der Waals surface area contributed by atoms with Crippen molar-refractivity contribution in [3.63, 3.8) is 0 Å². The number of ketones is 1. The van der Waals surface area contributed by atoms with E-state index in [1.165, 1.54) is 13.8 Å². The first-order chi connectivity index (χ1) is 4.95. The number of nitro groups is 1. The molecule has 0 N–H and O–H groups in total. The maximum absolute atomic E-state index is 10.7. The van der Waals surface area contributed by atoms with Crippen molar-refractivity contribution in [3.05, 3.63) is 10.1 Å². The lowest BCUT2D eigenvalue weighted by molar-refractivity contribution is -0.519. The number of hydrogen-bond acceptors (Lipinski definition) is 3. The van der Waals surface area contributed by atoms with Crippen molar-refractivity contribution < 1.29 is 9.72 Å². The van der Waals surface area contributed by atoms with Crippen molar-refractivity contribution in [2.75, 3.05) is 0 Å². The summed E-state index contributed by atoms with van der Waals surface area (Å²) in [4.78, 5) is 20.5. The van der Waals surface area contributed by atoms with E-state index in [-0.39, 0.29) is 16.6 Å². The molecule has 0 aliphatic rings. The van der Waals surface area contributed by atoms with Crippen molar-refractivity contribution >= 4 is 5.78 Å². The molecule has 0 radical (unpaired) electrons. The Morgan fingerprint density at radius 1 is 1.55 bits per heavy atom. The fraction of sp³-hybridized carbons (Fsp3) is 0.857. The molecule has 2 atom stereocenters. The highest BCUT2D eigenvalue weighted by molar-refractivity contribution is 5.77. The zero-order chi connectivity index (χ0) is 9.02. The SMILES string of the molecule is CC(=O)C(C)CC(C)[N+](=O)[O-]. The second-order valence-electron chi connectivity index (χ2n) is 2.88. The van der Waals surface area contributed by atoms with E-state index in [0.29, 0.717) is 6.42 Å². The molecule has 0 saturated heterocycles. The molecule has 0 aromatic heterocycles. The Bertz CT molecular complexity index is 149. The molecule has 2 unspecified atom stereocenters. The van der Waals surface area contributed by atoms with Gasteiger partial charge in [0.15, 0.2) is 0 Å². The summed E-state index contributed by atoms with van der Waals surface area (Å²) in [7, 11) is 0. The predicted octanol–water partition coefficient (Wildman–Crippen LogP) is 1.27. The van der Waals surface area contributed by atoms with Crippen LogP contribution in [-0.2, 0) is 4.79 Å². The lowest BCUT2D eigenvalue weighted by Gasteiger charge is -2.07. The van der Waals surface area contributed by atoms with Gasteiger partial charge in [-0.05, 0) is 6.92 Å². The number of carbonyl (C=O) groups excluding carboxylic acids is 1. The fourth-order valence-electron chi connectivity index (χ4n) is 0.764. The molecule has 0 spiro atoms. The topological polar surface area (TPSA) is 60.2 Å². The first-order valence-corrected chi connectivity index (χ1v) is 3.59. The Kier molecular flexibility index (Phi) is 3.71. The smallest absolute Gasteiger partial charge is 0.211 e. The minimum absolute atomic E-state index is 0.0127. The average Bonchev–Trinajstić information content (AvgIpc) is 1.87. The molecule has 4 heteroatoms. The molecule has 0 aliphatic carbocycles. The average molecular weight is 159 g/mol. The summed E-state index contributed by atoms with van der Waals surface area (Å²) in [6.45, 7) is 4.68. The van der Waals surface area contributed by atoms with Crippen LogP contribution in [0.25, 0.3) is 0 Å². The molecule has 11 heavy (non-hydrogen) atoms. The van der Waals surface area contributed by atoms with E-state index in [9.17, 15) is 14.9 Å². The highest BCUT2D eigenvalue weighted by atomic mass is 16.6. The lowest BCUT2D eigenvalue weighted by Crippen LogP contribution is -2.21. The summed E-state index contributed by atoms with van der Waals surface area (Å²) >= 11 is 0. The van der Waals surface area contributed by atoms with Crippen molar-refractivity contribution in [1.82, 2.24) is 0 Å². The quantitative estimate of drug-likeness (QED) is 0.458. The Hall–Kier alpha value is -0.930. The molecular weight excluding hydrogens is 146 g/mol. The van der Waals surface area contributed by atoms with Gasteiger partial charge in [0.25, 0.3) is 0 Å². The van der Waals surface area contributed by atoms with Crippen LogP contribution in [-0.4, -0.2) is 16.7 Å². The van der Waals surface area contributed by atoms with E-state index in [4.69, 9.17) is 0 Å². The summed E-state index contributed by atoms with van der Waals surface area (Å²) < 4.78 is 0. The molecular formula is C7H13NO3. The second kappa shape index (κ2) is 4.05. The van der Waals surface area contributed by atoms with Crippen molar-refractivity contribution in [3.8, 4) is 0 Å². The second-order valence-corrected chi connectivity index (χ2v) is 2.88. The lowest BCUT2D eigenvalue weighted by atomic mass is 10.00. The van der Waals surface area contributed by atoms with E-state index in [0.717, 1.165) is 0 Å². The van der Waals surface area contributed by atoms with E-state index >= 15 is 0 Å². The monoisotopic (exact) mass is 159 g/mol. The minimum atomic E-state index is -0.617. The number of Topliss-reactive ketones (excluding diaryl/α,β-unsaturated/α-hetero) is 1. The standard InChI is InChI=1S/C7H13NO3/c1-5(7(3)9)4-6(2)8(10)11/h5-6H,4H2,1-3H3. The minimum Gasteiger partial charge on any atom is -0.300 e. The highest BCUT2D eigenvalue weighted by Crippen LogP contribution is 2.08. The van der Waals surface area contributed by atoms with Crippen molar-refractivity contribution in [1.29, 1.82) is 0 Å². The van der Waals surface area contributed by atoms with Crippen LogP contribution in [0.3, 0.4) is 0 Å². The first-order valence-electron chi connectivity index (χ1n) is 3.59. The van der Waals surface area contributed by atoms with E-state index in [1.54, 1.807) is 6.92 Å². The summed E-state index contributed by atoms with van der Waals surface area (Å²) in [6.07, 6.45) is 0.336. The molecule has 4 nitrogen and oxygen atoms in total. The number of hydrogen-bond donors (Lipinski definition) is 0. The predicted molar refractivity (Wildman–Crippen MR) is 40.9 cm³/mol. The van der Waals surface area contributed by atoms with Crippen LogP contribution in [0.1, 0.15) is 27.2 Å². The van der Waals surface area contributed by atoms with Gasteiger partial charge < -0.3 is 0 Å². The number of nitrogens with zero attached hydrogens (tertiary/aromatic N) is 1.